The summed E-state index contributed by atoms with van der Waals surface area (Å²) in [6, 6.07) is 13.9. The minimum atomic E-state index is -0.370. The fourth-order valence-corrected chi connectivity index (χ4v) is 4.39. The zero-order valence-corrected chi connectivity index (χ0v) is 19.2. The molecule has 3 aromatic heterocycles. The van der Waals surface area contributed by atoms with Gasteiger partial charge in [0.2, 0.25) is 0 Å². The van der Waals surface area contributed by atoms with E-state index < -0.39 is 0 Å². The molecule has 1 aromatic carbocycles. The van der Waals surface area contributed by atoms with E-state index in [-0.39, 0.29) is 12.0 Å². The van der Waals surface area contributed by atoms with Crippen molar-refractivity contribution >= 4 is 39.5 Å². The maximum Gasteiger partial charge on any atom is 0.341 e. The molecule has 8 heteroatoms. The van der Waals surface area contributed by atoms with Crippen molar-refractivity contribution in [2.24, 2.45) is 5.73 Å². The second kappa shape index (κ2) is 8.96. The first-order chi connectivity index (χ1) is 16.0. The van der Waals surface area contributed by atoms with Crippen molar-refractivity contribution in [2.45, 2.75) is 25.8 Å². The number of hydrogen-bond donors (Lipinski definition) is 1. The summed E-state index contributed by atoms with van der Waals surface area (Å²) >= 11 is 0. The smallest absolute Gasteiger partial charge is 0.341 e. The molecule has 0 spiro atoms. The number of benzene rings is 1. The minimum absolute atomic E-state index is 0.0919. The number of ether oxygens (including phenoxy) is 1. The normalized spacial score (nSPS) is 16.0. The summed E-state index contributed by atoms with van der Waals surface area (Å²) in [5, 5.41) is 0.881. The van der Waals surface area contributed by atoms with Gasteiger partial charge in [-0.2, -0.15) is 0 Å². The number of para-hydroxylation sites is 2. The first-order valence-electron chi connectivity index (χ1n) is 11.6. The number of anilines is 1. The molecule has 33 heavy (non-hydrogen) atoms. The quantitative estimate of drug-likeness (QED) is 0.360. The molecule has 1 atom stereocenters. The third-order valence-electron chi connectivity index (χ3n) is 6.29. The SMILES string of the molecule is CC(N)CCCOC(=O)c1cc2ccc(N3CCN(C)CC3)nc2n2c1nc1ccccc12. The van der Waals surface area contributed by atoms with Crippen molar-refractivity contribution in [2.75, 3.05) is 44.7 Å². The molecular formula is C25H30N6O2. The van der Waals surface area contributed by atoms with Gasteiger partial charge in [0, 0.05) is 37.6 Å². The van der Waals surface area contributed by atoms with E-state index >= 15 is 0 Å². The molecule has 4 heterocycles. The molecular weight excluding hydrogens is 416 g/mol. The summed E-state index contributed by atoms with van der Waals surface area (Å²) in [4.78, 5) is 27.5. The number of nitrogens with zero attached hydrogens (tertiary/aromatic N) is 5. The molecule has 1 unspecified atom stereocenters. The van der Waals surface area contributed by atoms with Gasteiger partial charge in [0.05, 0.1) is 17.6 Å². The van der Waals surface area contributed by atoms with Crippen LogP contribution in [0.4, 0.5) is 5.82 Å². The van der Waals surface area contributed by atoms with Crippen molar-refractivity contribution < 1.29 is 9.53 Å². The number of esters is 1. The van der Waals surface area contributed by atoms with E-state index in [2.05, 4.69) is 16.8 Å². The average Bonchev–Trinajstić information content (AvgIpc) is 3.21. The molecule has 0 aliphatic carbocycles. The van der Waals surface area contributed by atoms with Crippen molar-refractivity contribution in [1.29, 1.82) is 0 Å². The number of nitrogens with two attached hydrogens (primary N) is 1. The van der Waals surface area contributed by atoms with Crippen LogP contribution in [-0.4, -0.2) is 71.1 Å². The van der Waals surface area contributed by atoms with E-state index in [0.29, 0.717) is 17.8 Å². The van der Waals surface area contributed by atoms with Crippen LogP contribution in [0.25, 0.3) is 27.7 Å². The van der Waals surface area contributed by atoms with Crippen LogP contribution in [0.2, 0.25) is 0 Å². The van der Waals surface area contributed by atoms with Crippen molar-refractivity contribution in [3.8, 4) is 0 Å². The number of likely N-dealkylation sites (N-methyl/N-ethyl adjacent to an activating group) is 1. The van der Waals surface area contributed by atoms with E-state index in [0.717, 1.165) is 66.9 Å². The summed E-state index contributed by atoms with van der Waals surface area (Å²) in [5.74, 6) is 0.575. The highest BCUT2D eigenvalue weighted by Crippen LogP contribution is 2.28. The highest BCUT2D eigenvalue weighted by molar-refractivity contribution is 6.03. The van der Waals surface area contributed by atoms with Gasteiger partial charge in [-0.1, -0.05) is 12.1 Å². The molecule has 1 saturated heterocycles. The Hall–Kier alpha value is -3.23. The lowest BCUT2D eigenvalue weighted by Crippen LogP contribution is -2.44. The number of hydrogen-bond acceptors (Lipinski definition) is 7. The van der Waals surface area contributed by atoms with Crippen LogP contribution in [0.15, 0.2) is 42.5 Å². The molecule has 4 aromatic rings. The van der Waals surface area contributed by atoms with Gasteiger partial charge in [0.25, 0.3) is 0 Å². The van der Waals surface area contributed by atoms with Crippen molar-refractivity contribution in [1.82, 2.24) is 19.3 Å². The number of aromatic nitrogens is 3. The van der Waals surface area contributed by atoms with Gasteiger partial charge in [0.1, 0.15) is 17.0 Å². The molecule has 1 aliphatic rings. The highest BCUT2D eigenvalue weighted by Gasteiger charge is 2.21. The van der Waals surface area contributed by atoms with Gasteiger partial charge in [-0.3, -0.25) is 4.40 Å². The number of carbonyl (C=O) groups is 1. The zero-order chi connectivity index (χ0) is 22.9. The molecule has 0 saturated carbocycles. The van der Waals surface area contributed by atoms with Gasteiger partial charge >= 0.3 is 5.97 Å². The van der Waals surface area contributed by atoms with Gasteiger partial charge in [-0.05, 0) is 57.1 Å². The lowest BCUT2D eigenvalue weighted by molar-refractivity contribution is 0.0498. The standard InChI is InChI=1S/C25H30N6O2/c1-17(26)6-5-15-33-25(32)19-16-18-9-10-22(30-13-11-29(2)12-14-30)28-23(18)31-21-8-4-3-7-20(21)27-24(19)31/h3-4,7-10,16-17H,5-6,11-15,26H2,1-2H3. The highest BCUT2D eigenvalue weighted by atomic mass is 16.5. The van der Waals surface area contributed by atoms with Gasteiger partial charge in [-0.15, -0.1) is 0 Å². The Morgan fingerprint density at radius 3 is 2.67 bits per heavy atom. The molecule has 1 fully saturated rings. The lowest BCUT2D eigenvalue weighted by atomic mass is 10.2. The zero-order valence-electron chi connectivity index (χ0n) is 19.2. The maximum absolute atomic E-state index is 13.0. The minimum Gasteiger partial charge on any atom is -0.462 e. The largest absolute Gasteiger partial charge is 0.462 e. The second-order valence-electron chi connectivity index (χ2n) is 8.95. The molecule has 5 rings (SSSR count). The van der Waals surface area contributed by atoms with Crippen LogP contribution in [0, 0.1) is 0 Å². The van der Waals surface area contributed by atoms with Gasteiger partial charge < -0.3 is 20.3 Å². The molecule has 1 aliphatic heterocycles. The molecule has 172 valence electrons. The molecule has 0 radical (unpaired) electrons. The summed E-state index contributed by atoms with van der Waals surface area (Å²) in [5.41, 5.74) is 9.37. The fraction of sp³-hybridized carbons (Fsp3) is 0.400. The van der Waals surface area contributed by atoms with E-state index in [9.17, 15) is 4.79 Å². The van der Waals surface area contributed by atoms with Gasteiger partial charge in [0.15, 0.2) is 5.65 Å². The molecule has 0 amide bonds. The van der Waals surface area contributed by atoms with Crippen LogP contribution in [0.5, 0.6) is 0 Å². The van der Waals surface area contributed by atoms with Crippen LogP contribution in [0.3, 0.4) is 0 Å². The van der Waals surface area contributed by atoms with Crippen molar-refractivity contribution in [3.05, 3.63) is 48.0 Å². The Morgan fingerprint density at radius 1 is 1.09 bits per heavy atom. The first kappa shape index (κ1) is 21.6. The molecule has 8 nitrogen and oxygen atoms in total. The van der Waals surface area contributed by atoms with E-state index in [1.54, 1.807) is 0 Å². The van der Waals surface area contributed by atoms with Crippen LogP contribution < -0.4 is 10.6 Å². The number of fused-ring (bicyclic) bond motifs is 5. The Morgan fingerprint density at radius 2 is 1.88 bits per heavy atom. The van der Waals surface area contributed by atoms with Crippen LogP contribution in [0.1, 0.15) is 30.1 Å². The Balaban J connectivity index is 1.59. The van der Waals surface area contributed by atoms with Crippen LogP contribution >= 0.6 is 0 Å². The van der Waals surface area contributed by atoms with E-state index in [4.69, 9.17) is 20.4 Å². The Labute approximate surface area is 192 Å². The lowest BCUT2D eigenvalue weighted by Gasteiger charge is -2.33. The average molecular weight is 447 g/mol. The Bertz CT molecular complexity index is 1310. The predicted molar refractivity (Wildman–Crippen MR) is 131 cm³/mol. The second-order valence-corrected chi connectivity index (χ2v) is 8.95. The van der Waals surface area contributed by atoms with E-state index in [1.807, 2.05) is 53.8 Å². The van der Waals surface area contributed by atoms with Crippen molar-refractivity contribution in [3.63, 3.8) is 0 Å². The van der Waals surface area contributed by atoms with Gasteiger partial charge in [-0.25, -0.2) is 14.8 Å². The third kappa shape index (κ3) is 4.24. The number of imidazole rings is 1. The number of piperazine rings is 1. The maximum atomic E-state index is 13.0. The van der Waals surface area contributed by atoms with Crippen LogP contribution in [-0.2, 0) is 4.74 Å². The summed E-state index contributed by atoms with van der Waals surface area (Å²) in [6.07, 6.45) is 1.55. The van der Waals surface area contributed by atoms with E-state index in [1.165, 1.54) is 0 Å². The Kier molecular flexibility index (Phi) is 5.86. The number of rotatable bonds is 6. The summed E-state index contributed by atoms with van der Waals surface area (Å²) < 4.78 is 7.57. The predicted octanol–water partition coefficient (Wildman–Crippen LogP) is 3.07. The monoisotopic (exact) mass is 446 g/mol. The number of carbonyl (C=O) groups excluding carboxylic acids is 1. The molecule has 0 bridgehead atoms. The summed E-state index contributed by atoms with van der Waals surface area (Å²) in [7, 11) is 2.14. The first-order valence-corrected chi connectivity index (χ1v) is 11.6. The summed E-state index contributed by atoms with van der Waals surface area (Å²) in [6.45, 7) is 6.19. The topological polar surface area (TPSA) is 89.0 Å². The third-order valence-corrected chi connectivity index (χ3v) is 6.29. The fourth-order valence-electron chi connectivity index (χ4n) is 4.39. The number of pyridine rings is 2. The molecule has 2 N–H and O–H groups in total.